The van der Waals surface area contributed by atoms with Crippen molar-refractivity contribution in [3.8, 4) is 11.4 Å². The molecule has 3 aromatic rings. The van der Waals surface area contributed by atoms with Gasteiger partial charge in [0.15, 0.2) is 5.82 Å². The molecule has 0 aromatic carbocycles. The molecule has 3 aromatic heterocycles. The Morgan fingerprint density at radius 1 is 1.26 bits per heavy atom. The standard InChI is InChI=1S/C14H13N3OS/c1-8-11(9(2)18)7-16-14(17-8)10-5-13-12(15-6-10)3-4-19-13/h3-7,9,18H,1-2H3/t9-/m1/s1. The van der Waals surface area contributed by atoms with E-state index in [1.54, 1.807) is 30.7 Å². The molecule has 0 fully saturated rings. The minimum Gasteiger partial charge on any atom is -0.389 e. The van der Waals surface area contributed by atoms with Crippen LogP contribution in [-0.2, 0) is 0 Å². The lowest BCUT2D eigenvalue weighted by Crippen LogP contribution is -2.01. The fourth-order valence-electron chi connectivity index (χ4n) is 1.99. The largest absolute Gasteiger partial charge is 0.389 e. The van der Waals surface area contributed by atoms with Gasteiger partial charge in [-0.1, -0.05) is 0 Å². The van der Waals surface area contributed by atoms with E-state index >= 15 is 0 Å². The highest BCUT2D eigenvalue weighted by Crippen LogP contribution is 2.25. The van der Waals surface area contributed by atoms with Gasteiger partial charge in [-0.05, 0) is 31.4 Å². The average Bonchev–Trinajstić information content (AvgIpc) is 2.85. The topological polar surface area (TPSA) is 58.9 Å². The van der Waals surface area contributed by atoms with E-state index in [-0.39, 0.29) is 0 Å². The molecule has 5 heteroatoms. The van der Waals surface area contributed by atoms with Gasteiger partial charge in [-0.2, -0.15) is 0 Å². The number of aryl methyl sites for hydroxylation is 1. The third kappa shape index (κ3) is 2.22. The molecule has 0 unspecified atom stereocenters. The van der Waals surface area contributed by atoms with E-state index in [1.807, 2.05) is 24.4 Å². The van der Waals surface area contributed by atoms with E-state index in [0.717, 1.165) is 27.0 Å². The maximum Gasteiger partial charge on any atom is 0.160 e. The van der Waals surface area contributed by atoms with Crippen LogP contribution in [0.2, 0.25) is 0 Å². The molecule has 0 saturated carbocycles. The molecule has 96 valence electrons. The number of fused-ring (bicyclic) bond motifs is 1. The first kappa shape index (κ1) is 12.2. The van der Waals surface area contributed by atoms with Crippen LogP contribution in [0.15, 0.2) is 29.9 Å². The number of thiophene rings is 1. The summed E-state index contributed by atoms with van der Waals surface area (Å²) in [5.74, 6) is 0.643. The summed E-state index contributed by atoms with van der Waals surface area (Å²) in [4.78, 5) is 13.2. The Labute approximate surface area is 114 Å². The summed E-state index contributed by atoms with van der Waals surface area (Å²) >= 11 is 1.65. The monoisotopic (exact) mass is 271 g/mol. The van der Waals surface area contributed by atoms with Crippen LogP contribution in [0.4, 0.5) is 0 Å². The Hall–Kier alpha value is -1.85. The first-order valence-corrected chi connectivity index (χ1v) is 6.88. The lowest BCUT2D eigenvalue weighted by atomic mass is 10.1. The third-order valence-electron chi connectivity index (χ3n) is 3.03. The number of hydrogen-bond acceptors (Lipinski definition) is 5. The van der Waals surface area contributed by atoms with Gasteiger partial charge in [-0.3, -0.25) is 4.98 Å². The van der Waals surface area contributed by atoms with Gasteiger partial charge in [-0.15, -0.1) is 11.3 Å². The van der Waals surface area contributed by atoms with E-state index < -0.39 is 6.10 Å². The van der Waals surface area contributed by atoms with Gasteiger partial charge in [0, 0.05) is 29.2 Å². The van der Waals surface area contributed by atoms with Crippen molar-refractivity contribution in [2.45, 2.75) is 20.0 Å². The third-order valence-corrected chi connectivity index (χ3v) is 3.88. The Bertz CT molecular complexity index is 736. The van der Waals surface area contributed by atoms with Crippen LogP contribution in [0.3, 0.4) is 0 Å². The highest BCUT2D eigenvalue weighted by Gasteiger charge is 2.10. The molecule has 3 rings (SSSR count). The number of aliphatic hydroxyl groups is 1. The van der Waals surface area contributed by atoms with Gasteiger partial charge < -0.3 is 5.11 Å². The fourth-order valence-corrected chi connectivity index (χ4v) is 2.77. The molecule has 19 heavy (non-hydrogen) atoms. The van der Waals surface area contributed by atoms with Gasteiger partial charge in [0.25, 0.3) is 0 Å². The summed E-state index contributed by atoms with van der Waals surface area (Å²) in [6.45, 7) is 3.59. The van der Waals surface area contributed by atoms with Gasteiger partial charge in [0.2, 0.25) is 0 Å². The van der Waals surface area contributed by atoms with E-state index in [9.17, 15) is 5.11 Å². The first-order valence-electron chi connectivity index (χ1n) is 6.00. The van der Waals surface area contributed by atoms with E-state index in [1.165, 1.54) is 0 Å². The Morgan fingerprint density at radius 2 is 2.11 bits per heavy atom. The van der Waals surface area contributed by atoms with Crippen LogP contribution in [0.25, 0.3) is 21.6 Å². The molecular weight excluding hydrogens is 258 g/mol. The quantitative estimate of drug-likeness (QED) is 0.778. The Kier molecular flexibility index (Phi) is 3.00. The van der Waals surface area contributed by atoms with Crippen LogP contribution in [0.5, 0.6) is 0 Å². The molecule has 0 radical (unpaired) electrons. The smallest absolute Gasteiger partial charge is 0.160 e. The van der Waals surface area contributed by atoms with Crippen molar-refractivity contribution in [2.75, 3.05) is 0 Å². The number of pyridine rings is 1. The molecule has 0 saturated heterocycles. The van der Waals surface area contributed by atoms with Crippen LogP contribution in [0, 0.1) is 6.92 Å². The molecule has 0 aliphatic carbocycles. The Balaban J connectivity index is 2.08. The number of hydrogen-bond donors (Lipinski definition) is 1. The fraction of sp³-hybridized carbons (Fsp3) is 0.214. The summed E-state index contributed by atoms with van der Waals surface area (Å²) < 4.78 is 1.12. The second kappa shape index (κ2) is 4.68. The lowest BCUT2D eigenvalue weighted by molar-refractivity contribution is 0.197. The molecule has 0 bridgehead atoms. The zero-order valence-corrected chi connectivity index (χ0v) is 11.5. The van der Waals surface area contributed by atoms with E-state index in [2.05, 4.69) is 15.0 Å². The molecule has 1 atom stereocenters. The van der Waals surface area contributed by atoms with Crippen molar-refractivity contribution < 1.29 is 5.11 Å². The summed E-state index contributed by atoms with van der Waals surface area (Å²) in [5, 5.41) is 11.6. The van der Waals surface area contributed by atoms with Crippen molar-refractivity contribution in [3.63, 3.8) is 0 Å². The lowest BCUT2D eigenvalue weighted by Gasteiger charge is -2.08. The highest BCUT2D eigenvalue weighted by molar-refractivity contribution is 7.17. The number of nitrogens with zero attached hydrogens (tertiary/aromatic N) is 3. The molecule has 0 amide bonds. The molecule has 1 N–H and O–H groups in total. The van der Waals surface area contributed by atoms with Crippen molar-refractivity contribution in [3.05, 3.63) is 41.2 Å². The first-order chi connectivity index (χ1) is 9.15. The van der Waals surface area contributed by atoms with Crippen LogP contribution in [0.1, 0.15) is 24.3 Å². The SMILES string of the molecule is Cc1nc(-c2cnc3ccsc3c2)ncc1[C@@H](C)O. The summed E-state index contributed by atoms with van der Waals surface area (Å²) in [5.41, 5.74) is 3.45. The van der Waals surface area contributed by atoms with Crippen molar-refractivity contribution >= 4 is 21.6 Å². The van der Waals surface area contributed by atoms with Gasteiger partial charge in [0.1, 0.15) is 0 Å². The second-order valence-electron chi connectivity index (χ2n) is 4.44. The summed E-state index contributed by atoms with van der Waals surface area (Å²) in [6.07, 6.45) is 2.92. The minimum atomic E-state index is -0.549. The highest BCUT2D eigenvalue weighted by atomic mass is 32.1. The van der Waals surface area contributed by atoms with Gasteiger partial charge >= 0.3 is 0 Å². The number of aromatic nitrogens is 3. The van der Waals surface area contributed by atoms with Gasteiger partial charge in [0.05, 0.1) is 16.3 Å². The minimum absolute atomic E-state index is 0.549. The van der Waals surface area contributed by atoms with Gasteiger partial charge in [-0.25, -0.2) is 9.97 Å². The average molecular weight is 271 g/mol. The number of rotatable bonds is 2. The molecule has 0 aliphatic heterocycles. The van der Waals surface area contributed by atoms with E-state index in [0.29, 0.717) is 5.82 Å². The summed E-state index contributed by atoms with van der Waals surface area (Å²) in [6, 6.07) is 4.04. The van der Waals surface area contributed by atoms with Crippen LogP contribution in [-0.4, -0.2) is 20.1 Å². The summed E-state index contributed by atoms with van der Waals surface area (Å²) in [7, 11) is 0. The second-order valence-corrected chi connectivity index (χ2v) is 5.39. The molecular formula is C14H13N3OS. The van der Waals surface area contributed by atoms with Crippen LogP contribution >= 0.6 is 11.3 Å². The van der Waals surface area contributed by atoms with Crippen molar-refractivity contribution in [1.29, 1.82) is 0 Å². The zero-order valence-electron chi connectivity index (χ0n) is 10.7. The van der Waals surface area contributed by atoms with E-state index in [4.69, 9.17) is 0 Å². The number of aliphatic hydroxyl groups excluding tert-OH is 1. The molecule has 0 aliphatic rings. The molecule has 3 heterocycles. The maximum atomic E-state index is 9.59. The predicted molar refractivity (Wildman–Crippen MR) is 76.0 cm³/mol. The van der Waals surface area contributed by atoms with Crippen molar-refractivity contribution in [1.82, 2.24) is 15.0 Å². The Morgan fingerprint density at radius 3 is 2.84 bits per heavy atom. The molecule has 4 nitrogen and oxygen atoms in total. The van der Waals surface area contributed by atoms with Crippen LogP contribution < -0.4 is 0 Å². The molecule has 0 spiro atoms. The normalized spacial score (nSPS) is 12.8. The predicted octanol–water partition coefficient (Wildman–Crippen LogP) is 3.12. The zero-order chi connectivity index (χ0) is 13.4. The maximum absolute atomic E-state index is 9.59. The van der Waals surface area contributed by atoms with Crippen molar-refractivity contribution in [2.24, 2.45) is 0 Å².